The van der Waals surface area contributed by atoms with Crippen molar-refractivity contribution in [2.24, 2.45) is 0 Å². The molecule has 17 nitrogen and oxygen atoms in total. The number of carbonyl (C=O) groups is 4. The molecule has 2 unspecified atom stereocenters. The first-order valence-corrected chi connectivity index (χ1v) is 40.3. The van der Waals surface area contributed by atoms with Crippen LogP contribution in [0.3, 0.4) is 0 Å². The largest absolute Gasteiger partial charge is 0.472 e. The second-order valence-electron chi connectivity index (χ2n) is 25.6. The minimum Gasteiger partial charge on any atom is -0.462 e. The summed E-state index contributed by atoms with van der Waals surface area (Å²) in [4.78, 5) is 72.6. The van der Waals surface area contributed by atoms with Gasteiger partial charge in [0.2, 0.25) is 0 Å². The van der Waals surface area contributed by atoms with E-state index in [2.05, 4.69) is 27.7 Å². The lowest BCUT2D eigenvalue weighted by Crippen LogP contribution is -2.30. The van der Waals surface area contributed by atoms with Gasteiger partial charge in [0.15, 0.2) is 12.2 Å². The molecule has 19 heteroatoms. The highest BCUT2D eigenvalue weighted by atomic mass is 31.2. The molecule has 0 heterocycles. The highest BCUT2D eigenvalue weighted by molar-refractivity contribution is 7.47. The number of phosphoric ester groups is 2. The highest BCUT2D eigenvalue weighted by Gasteiger charge is 2.30. The zero-order chi connectivity index (χ0) is 66.1. The van der Waals surface area contributed by atoms with Gasteiger partial charge >= 0.3 is 39.5 Å². The fourth-order valence-electron chi connectivity index (χ4n) is 10.9. The lowest BCUT2D eigenvalue weighted by Gasteiger charge is -2.21. The maximum Gasteiger partial charge on any atom is 0.472 e. The van der Waals surface area contributed by atoms with E-state index < -0.39 is 97.5 Å². The van der Waals surface area contributed by atoms with Crippen LogP contribution in [-0.2, 0) is 65.4 Å². The van der Waals surface area contributed by atoms with E-state index in [9.17, 15) is 43.2 Å². The Bertz CT molecular complexity index is 1720. The van der Waals surface area contributed by atoms with Crippen molar-refractivity contribution < 1.29 is 80.2 Å². The first-order chi connectivity index (χ1) is 43.7. The first kappa shape index (κ1) is 88.1. The van der Waals surface area contributed by atoms with Crippen LogP contribution in [0.15, 0.2) is 0 Å². The van der Waals surface area contributed by atoms with Gasteiger partial charge in [0, 0.05) is 25.7 Å². The monoisotopic (exact) mass is 1320 g/mol. The highest BCUT2D eigenvalue weighted by Crippen LogP contribution is 2.45. The number of unbranched alkanes of at least 4 members (excludes halogenated alkanes) is 46. The Labute approximate surface area is 549 Å². The molecule has 0 rings (SSSR count). The smallest absolute Gasteiger partial charge is 0.462 e. The Balaban J connectivity index is 5.23. The van der Waals surface area contributed by atoms with E-state index in [1.165, 1.54) is 205 Å². The van der Waals surface area contributed by atoms with Crippen LogP contribution in [0.1, 0.15) is 374 Å². The molecule has 0 amide bonds. The number of aliphatic hydroxyl groups excluding tert-OH is 1. The van der Waals surface area contributed by atoms with E-state index in [1.807, 2.05) is 0 Å². The molecule has 0 bridgehead atoms. The third-order valence-electron chi connectivity index (χ3n) is 16.6. The number of hydrogen-bond donors (Lipinski definition) is 3. The summed E-state index contributed by atoms with van der Waals surface area (Å²) in [5.41, 5.74) is 0. The second kappa shape index (κ2) is 65.7. The molecule has 0 aromatic heterocycles. The Morgan fingerprint density at radius 2 is 0.444 bits per heavy atom. The number of esters is 4. The predicted molar refractivity (Wildman–Crippen MR) is 363 cm³/mol. The van der Waals surface area contributed by atoms with E-state index in [0.29, 0.717) is 25.7 Å². The zero-order valence-electron chi connectivity index (χ0n) is 58.1. The number of phosphoric acid groups is 2. The predicted octanol–water partition coefficient (Wildman–Crippen LogP) is 20.7. The minimum absolute atomic E-state index is 0.108. The van der Waals surface area contributed by atoms with E-state index in [4.69, 9.17) is 37.0 Å². The van der Waals surface area contributed by atoms with Gasteiger partial charge in [-0.2, -0.15) is 0 Å². The van der Waals surface area contributed by atoms with Crippen molar-refractivity contribution in [1.82, 2.24) is 0 Å². The number of hydrogen-bond acceptors (Lipinski definition) is 15. The quantitative estimate of drug-likeness (QED) is 0.0222. The maximum atomic E-state index is 13.0. The van der Waals surface area contributed by atoms with Gasteiger partial charge in [0.25, 0.3) is 0 Å². The molecule has 0 aliphatic carbocycles. The normalized spacial score (nSPS) is 14.0. The van der Waals surface area contributed by atoms with E-state index in [-0.39, 0.29) is 25.7 Å². The third-order valence-corrected chi connectivity index (χ3v) is 18.5. The topological polar surface area (TPSA) is 237 Å². The number of rotatable bonds is 72. The molecule has 0 radical (unpaired) electrons. The van der Waals surface area contributed by atoms with Gasteiger partial charge in [-0.1, -0.05) is 323 Å². The fraction of sp³-hybridized carbons (Fsp3) is 0.944. The molecule has 0 aliphatic rings. The van der Waals surface area contributed by atoms with Crippen LogP contribution in [0, 0.1) is 0 Å². The SMILES string of the molecule is CCCCCCCCCCCCCCCCCCC(=O)O[C@H](COC(=O)CCCCCCCCCCCCCC)COP(=O)(O)OC[C@@H](O)COP(=O)(O)OC[C@@H](COC(=O)CCCCCCCCCCCC)OC(=O)CCCCCCCCCCCCCC. The van der Waals surface area contributed by atoms with Crippen LogP contribution in [0.2, 0.25) is 0 Å². The van der Waals surface area contributed by atoms with E-state index in [0.717, 1.165) is 89.9 Å². The van der Waals surface area contributed by atoms with Gasteiger partial charge in [-0.15, -0.1) is 0 Å². The van der Waals surface area contributed by atoms with Crippen LogP contribution >= 0.6 is 15.6 Å². The summed E-state index contributed by atoms with van der Waals surface area (Å²) < 4.78 is 68.3. The maximum absolute atomic E-state index is 13.0. The molecule has 0 aliphatic heterocycles. The molecular weight excluding hydrogens is 1190 g/mol. The molecule has 0 fully saturated rings. The number of carbonyl (C=O) groups excluding carboxylic acids is 4. The van der Waals surface area contributed by atoms with Crippen molar-refractivity contribution in [2.75, 3.05) is 39.6 Å². The number of aliphatic hydroxyl groups is 1. The van der Waals surface area contributed by atoms with Gasteiger partial charge < -0.3 is 33.8 Å². The van der Waals surface area contributed by atoms with Crippen molar-refractivity contribution in [3.8, 4) is 0 Å². The second-order valence-corrected chi connectivity index (χ2v) is 28.5. The first-order valence-electron chi connectivity index (χ1n) is 37.3. The van der Waals surface area contributed by atoms with Crippen LogP contribution in [0.4, 0.5) is 0 Å². The average Bonchev–Trinajstić information content (AvgIpc) is 3.71. The Morgan fingerprint density at radius 3 is 0.656 bits per heavy atom. The standard InChI is InChI=1S/C71H138O17P2/c1-5-9-13-17-21-25-29-32-33-34-35-38-42-46-50-54-58-71(76)88-67(62-82-69(74)56-52-48-44-40-36-30-26-22-18-14-10-6-2)64-86-90(79,80)84-60-65(72)59-83-89(77,78)85-63-66(61-81-68(73)55-51-47-43-39-28-24-20-16-12-8-4)87-70(75)57-53-49-45-41-37-31-27-23-19-15-11-7-3/h65-67,72H,5-64H2,1-4H3,(H,77,78)(H,79,80)/t65-,66+,67+/m0/s1. The summed E-state index contributed by atoms with van der Waals surface area (Å²) in [5, 5.41) is 10.6. The van der Waals surface area contributed by atoms with Crippen LogP contribution < -0.4 is 0 Å². The lowest BCUT2D eigenvalue weighted by molar-refractivity contribution is -0.161. The molecule has 90 heavy (non-hydrogen) atoms. The summed E-state index contributed by atoms with van der Waals surface area (Å²) >= 11 is 0. The van der Waals surface area contributed by atoms with Crippen molar-refractivity contribution in [1.29, 1.82) is 0 Å². The lowest BCUT2D eigenvalue weighted by atomic mass is 10.0. The Hall–Kier alpha value is -1.94. The van der Waals surface area contributed by atoms with Crippen molar-refractivity contribution >= 4 is 39.5 Å². The molecular formula is C71H138O17P2. The van der Waals surface area contributed by atoms with Crippen molar-refractivity contribution in [2.45, 2.75) is 393 Å². The third kappa shape index (κ3) is 64.8. The summed E-state index contributed by atoms with van der Waals surface area (Å²) in [7, 11) is -9.90. The molecule has 0 aromatic carbocycles. The van der Waals surface area contributed by atoms with Crippen LogP contribution in [0.5, 0.6) is 0 Å². The molecule has 0 spiro atoms. The summed E-state index contributed by atoms with van der Waals surface area (Å²) in [6.07, 6.45) is 53.9. The van der Waals surface area contributed by atoms with E-state index in [1.54, 1.807) is 0 Å². The summed E-state index contributed by atoms with van der Waals surface area (Å²) in [6.45, 7) is 4.95. The summed E-state index contributed by atoms with van der Waals surface area (Å²) in [5.74, 6) is -2.12. The molecule has 0 aromatic rings. The molecule has 0 saturated carbocycles. The van der Waals surface area contributed by atoms with Gasteiger partial charge in [0.1, 0.15) is 19.3 Å². The van der Waals surface area contributed by atoms with Crippen LogP contribution in [-0.4, -0.2) is 96.7 Å². The van der Waals surface area contributed by atoms with Crippen LogP contribution in [0.25, 0.3) is 0 Å². The van der Waals surface area contributed by atoms with E-state index >= 15 is 0 Å². The van der Waals surface area contributed by atoms with Crippen molar-refractivity contribution in [3.05, 3.63) is 0 Å². The van der Waals surface area contributed by atoms with Gasteiger partial charge in [-0.25, -0.2) is 9.13 Å². The van der Waals surface area contributed by atoms with Gasteiger partial charge in [-0.05, 0) is 25.7 Å². The molecule has 3 N–H and O–H groups in total. The molecule has 0 saturated heterocycles. The van der Waals surface area contributed by atoms with Gasteiger partial charge in [-0.3, -0.25) is 37.3 Å². The van der Waals surface area contributed by atoms with Crippen molar-refractivity contribution in [3.63, 3.8) is 0 Å². The summed E-state index contributed by atoms with van der Waals surface area (Å²) in [6, 6.07) is 0. The molecule has 5 atom stereocenters. The number of ether oxygens (including phenoxy) is 4. The zero-order valence-corrected chi connectivity index (χ0v) is 59.9. The Morgan fingerprint density at radius 1 is 0.267 bits per heavy atom. The fourth-order valence-corrected chi connectivity index (χ4v) is 12.4. The average molecular weight is 1330 g/mol. The minimum atomic E-state index is -4.95. The molecule has 534 valence electrons. The Kier molecular flexibility index (Phi) is 64.3. The van der Waals surface area contributed by atoms with Gasteiger partial charge in [0.05, 0.1) is 26.4 Å².